The van der Waals surface area contributed by atoms with Crippen LogP contribution in [0.3, 0.4) is 0 Å². The van der Waals surface area contributed by atoms with E-state index < -0.39 is 0 Å². The lowest BCUT2D eigenvalue weighted by Crippen LogP contribution is -1.70. The van der Waals surface area contributed by atoms with E-state index >= 15 is 0 Å². The van der Waals surface area contributed by atoms with Crippen molar-refractivity contribution in [2.24, 2.45) is 0 Å². The predicted molar refractivity (Wildman–Crippen MR) is 46.7 cm³/mol. The molecule has 0 atom stereocenters. The molecule has 55 valence electrons. The van der Waals surface area contributed by atoms with E-state index in [4.69, 9.17) is 6.58 Å². The summed E-state index contributed by atoms with van der Waals surface area (Å²) < 4.78 is 0. The van der Waals surface area contributed by atoms with Crippen LogP contribution >= 0.6 is 0 Å². The summed E-state index contributed by atoms with van der Waals surface area (Å²) in [5.74, 6) is 0. The molecule has 0 spiro atoms. The summed E-state index contributed by atoms with van der Waals surface area (Å²) >= 11 is 0. The maximum Gasteiger partial charge on any atom is -0.0347 e. The summed E-state index contributed by atoms with van der Waals surface area (Å²) in [6.07, 6.45) is 12.2. The van der Waals surface area contributed by atoms with Gasteiger partial charge in [0.05, 0.1) is 0 Å². The first kappa shape index (κ1) is 9.22. The Kier molecular flexibility index (Phi) is 7.58. The van der Waals surface area contributed by atoms with E-state index in [0.717, 1.165) is 12.8 Å². The largest absolute Gasteiger partial charge is 0.103 e. The Labute approximate surface area is 64.0 Å². The molecule has 0 aromatic rings. The highest BCUT2D eigenvalue weighted by molar-refractivity contribution is 4.95. The van der Waals surface area contributed by atoms with Crippen LogP contribution in [0.25, 0.3) is 0 Å². The fourth-order valence-electron chi connectivity index (χ4n) is 0.726. The van der Waals surface area contributed by atoms with Gasteiger partial charge in [0.2, 0.25) is 0 Å². The molecule has 1 radical (unpaired) electrons. The molecule has 0 aliphatic heterocycles. The molecular formula is C10H15. The zero-order valence-corrected chi connectivity index (χ0v) is 6.42. The molecule has 0 aromatic carbocycles. The van der Waals surface area contributed by atoms with Crippen LogP contribution in [0.5, 0.6) is 0 Å². The van der Waals surface area contributed by atoms with Crippen LogP contribution in [0.15, 0.2) is 30.9 Å². The van der Waals surface area contributed by atoms with Gasteiger partial charge in [0, 0.05) is 0 Å². The van der Waals surface area contributed by atoms with Gasteiger partial charge in [-0.1, -0.05) is 30.9 Å². The molecule has 0 saturated heterocycles. The molecule has 0 unspecified atom stereocenters. The van der Waals surface area contributed by atoms with Crippen LogP contribution in [0, 0.1) is 6.58 Å². The van der Waals surface area contributed by atoms with Crippen molar-refractivity contribution in [3.8, 4) is 0 Å². The van der Waals surface area contributed by atoms with Gasteiger partial charge in [0.15, 0.2) is 0 Å². The average molecular weight is 135 g/mol. The molecule has 0 aromatic heterocycles. The van der Waals surface area contributed by atoms with Crippen LogP contribution in [-0.2, 0) is 0 Å². The lowest BCUT2D eigenvalue weighted by molar-refractivity contribution is 0.763. The van der Waals surface area contributed by atoms with E-state index in [2.05, 4.69) is 12.7 Å². The minimum absolute atomic E-state index is 1.13. The molecule has 0 heterocycles. The SMILES string of the molecule is [CH]=CC=CCCCCC=C. The van der Waals surface area contributed by atoms with Crippen molar-refractivity contribution >= 4 is 0 Å². The summed E-state index contributed by atoms with van der Waals surface area (Å²) in [5, 5.41) is 0. The molecule has 0 aliphatic carbocycles. The lowest BCUT2D eigenvalue weighted by Gasteiger charge is -1.90. The van der Waals surface area contributed by atoms with E-state index in [9.17, 15) is 0 Å². The fraction of sp³-hybridized carbons (Fsp3) is 0.400. The molecule has 0 aliphatic rings. The molecule has 0 nitrogen and oxygen atoms in total. The van der Waals surface area contributed by atoms with Gasteiger partial charge in [-0.2, -0.15) is 0 Å². The van der Waals surface area contributed by atoms with Crippen molar-refractivity contribution in [2.45, 2.75) is 25.7 Å². The van der Waals surface area contributed by atoms with Crippen molar-refractivity contribution in [1.82, 2.24) is 0 Å². The Hall–Kier alpha value is -0.780. The Morgan fingerprint density at radius 3 is 2.50 bits per heavy atom. The number of hydrogen-bond acceptors (Lipinski definition) is 0. The number of unbranched alkanes of at least 4 members (excludes halogenated alkanes) is 3. The normalized spacial score (nSPS) is 10.0. The second-order valence-electron chi connectivity index (χ2n) is 2.19. The first-order valence-electron chi connectivity index (χ1n) is 3.72. The highest BCUT2D eigenvalue weighted by atomic mass is 13.9. The van der Waals surface area contributed by atoms with Gasteiger partial charge in [0.1, 0.15) is 0 Å². The summed E-state index contributed by atoms with van der Waals surface area (Å²) in [7, 11) is 0. The molecule has 0 fully saturated rings. The van der Waals surface area contributed by atoms with Crippen LogP contribution in [0.4, 0.5) is 0 Å². The summed E-state index contributed by atoms with van der Waals surface area (Å²) in [4.78, 5) is 0. The van der Waals surface area contributed by atoms with Gasteiger partial charge in [0.25, 0.3) is 0 Å². The van der Waals surface area contributed by atoms with Crippen molar-refractivity contribution in [2.75, 3.05) is 0 Å². The molecule has 0 rings (SSSR count). The van der Waals surface area contributed by atoms with Crippen molar-refractivity contribution in [3.05, 3.63) is 37.5 Å². The Bertz CT molecular complexity index is 109. The maximum absolute atomic E-state index is 5.14. The van der Waals surface area contributed by atoms with Crippen molar-refractivity contribution in [1.29, 1.82) is 0 Å². The van der Waals surface area contributed by atoms with Gasteiger partial charge >= 0.3 is 0 Å². The average Bonchev–Trinajstić information content (AvgIpc) is 1.97. The van der Waals surface area contributed by atoms with Gasteiger partial charge in [-0.15, -0.1) is 6.58 Å². The molecule has 0 bridgehead atoms. The van der Waals surface area contributed by atoms with Crippen LogP contribution < -0.4 is 0 Å². The van der Waals surface area contributed by atoms with E-state index in [1.54, 1.807) is 6.08 Å². The molecular weight excluding hydrogens is 120 g/mol. The van der Waals surface area contributed by atoms with E-state index in [-0.39, 0.29) is 0 Å². The zero-order valence-electron chi connectivity index (χ0n) is 6.42. The Balaban J connectivity index is 2.96. The van der Waals surface area contributed by atoms with Crippen LogP contribution in [0.1, 0.15) is 25.7 Å². The zero-order chi connectivity index (χ0) is 7.66. The standard InChI is InChI=1S/C10H15/c1-3-5-7-9-10-8-6-4-2/h1,3-5,7H,2,6,8-10H2. The second-order valence-corrected chi connectivity index (χ2v) is 2.19. The van der Waals surface area contributed by atoms with Gasteiger partial charge < -0.3 is 0 Å². The van der Waals surface area contributed by atoms with E-state index in [1.165, 1.54) is 12.8 Å². The Morgan fingerprint density at radius 2 is 1.90 bits per heavy atom. The quantitative estimate of drug-likeness (QED) is 0.298. The molecule has 0 N–H and O–H groups in total. The molecule has 10 heavy (non-hydrogen) atoms. The van der Waals surface area contributed by atoms with Gasteiger partial charge in [-0.25, -0.2) is 0 Å². The first-order chi connectivity index (χ1) is 4.91. The highest BCUT2D eigenvalue weighted by Crippen LogP contribution is 2.00. The van der Waals surface area contributed by atoms with E-state index in [1.807, 2.05) is 12.2 Å². The van der Waals surface area contributed by atoms with Gasteiger partial charge in [-0.05, 0) is 25.7 Å². The van der Waals surface area contributed by atoms with Crippen molar-refractivity contribution < 1.29 is 0 Å². The third-order valence-electron chi connectivity index (χ3n) is 1.28. The predicted octanol–water partition coefficient (Wildman–Crippen LogP) is 3.28. The minimum atomic E-state index is 1.13. The fourth-order valence-corrected chi connectivity index (χ4v) is 0.726. The minimum Gasteiger partial charge on any atom is -0.103 e. The summed E-state index contributed by atoms with van der Waals surface area (Å²) in [6, 6.07) is 0. The van der Waals surface area contributed by atoms with Crippen LogP contribution in [-0.4, -0.2) is 0 Å². The monoisotopic (exact) mass is 135 g/mol. The maximum atomic E-state index is 5.14. The van der Waals surface area contributed by atoms with Gasteiger partial charge in [-0.3, -0.25) is 0 Å². The third kappa shape index (κ3) is 7.22. The number of allylic oxidation sites excluding steroid dienone is 4. The molecule has 0 amide bonds. The topological polar surface area (TPSA) is 0 Å². The highest BCUT2D eigenvalue weighted by Gasteiger charge is 1.80. The van der Waals surface area contributed by atoms with Crippen LogP contribution in [0.2, 0.25) is 0 Å². The summed E-state index contributed by atoms with van der Waals surface area (Å²) in [6.45, 7) is 8.79. The van der Waals surface area contributed by atoms with E-state index in [0.29, 0.717) is 0 Å². The molecule has 0 heteroatoms. The first-order valence-corrected chi connectivity index (χ1v) is 3.72. The second kappa shape index (κ2) is 8.22. The third-order valence-corrected chi connectivity index (χ3v) is 1.28. The Morgan fingerprint density at radius 1 is 1.20 bits per heavy atom. The number of hydrogen-bond donors (Lipinski definition) is 0. The van der Waals surface area contributed by atoms with Crippen molar-refractivity contribution in [3.63, 3.8) is 0 Å². The number of rotatable bonds is 6. The summed E-state index contributed by atoms with van der Waals surface area (Å²) in [5.41, 5.74) is 0. The molecule has 0 saturated carbocycles. The smallest absolute Gasteiger partial charge is 0.0347 e. The lowest BCUT2D eigenvalue weighted by atomic mass is 10.2.